The first-order chi connectivity index (χ1) is 12.6. The van der Waals surface area contributed by atoms with Crippen LogP contribution in [0.25, 0.3) is 0 Å². The molecule has 5 heteroatoms. The summed E-state index contributed by atoms with van der Waals surface area (Å²) in [6.07, 6.45) is 1.76. The average molecular weight is 351 g/mol. The highest BCUT2D eigenvalue weighted by atomic mass is 16.2. The van der Waals surface area contributed by atoms with Crippen molar-refractivity contribution < 1.29 is 9.59 Å². The summed E-state index contributed by atoms with van der Waals surface area (Å²) >= 11 is 0. The van der Waals surface area contributed by atoms with Crippen molar-refractivity contribution in [3.05, 3.63) is 60.7 Å². The van der Waals surface area contributed by atoms with Crippen molar-refractivity contribution in [2.24, 2.45) is 5.92 Å². The van der Waals surface area contributed by atoms with Crippen molar-refractivity contribution >= 4 is 23.2 Å². The molecule has 0 bridgehead atoms. The fourth-order valence-electron chi connectivity index (χ4n) is 3.27. The van der Waals surface area contributed by atoms with Gasteiger partial charge in [-0.2, -0.15) is 0 Å². The van der Waals surface area contributed by atoms with E-state index >= 15 is 0 Å². The maximum Gasteiger partial charge on any atom is 0.241 e. The van der Waals surface area contributed by atoms with Gasteiger partial charge in [-0.05, 0) is 50.6 Å². The summed E-state index contributed by atoms with van der Waals surface area (Å²) in [5.74, 6) is -0.118. The molecule has 2 aromatic rings. The van der Waals surface area contributed by atoms with Crippen LogP contribution in [0.5, 0.6) is 0 Å². The number of hydrogen-bond donors (Lipinski definition) is 2. The van der Waals surface area contributed by atoms with Gasteiger partial charge >= 0.3 is 0 Å². The van der Waals surface area contributed by atoms with Gasteiger partial charge in [0.2, 0.25) is 11.8 Å². The number of benzene rings is 2. The highest BCUT2D eigenvalue weighted by molar-refractivity contribution is 5.95. The monoisotopic (exact) mass is 351 g/mol. The molecule has 2 aromatic carbocycles. The molecule has 0 radical (unpaired) electrons. The Morgan fingerprint density at radius 3 is 2.15 bits per heavy atom. The van der Waals surface area contributed by atoms with Gasteiger partial charge in [-0.3, -0.25) is 14.5 Å². The summed E-state index contributed by atoms with van der Waals surface area (Å²) in [4.78, 5) is 27.2. The van der Waals surface area contributed by atoms with Crippen molar-refractivity contribution in [2.45, 2.75) is 25.8 Å². The molecule has 1 aliphatic heterocycles. The summed E-state index contributed by atoms with van der Waals surface area (Å²) in [5.41, 5.74) is 1.60. The second kappa shape index (κ2) is 8.63. The molecule has 0 saturated carbocycles. The molecule has 2 atom stereocenters. The minimum atomic E-state index is -0.275. The molecule has 0 aromatic heterocycles. The molecule has 1 aliphatic rings. The van der Waals surface area contributed by atoms with Crippen LogP contribution in [-0.2, 0) is 9.59 Å². The molecule has 1 heterocycles. The zero-order valence-corrected chi connectivity index (χ0v) is 15.0. The summed E-state index contributed by atoms with van der Waals surface area (Å²) in [7, 11) is 0. The minimum absolute atomic E-state index is 0.0246. The zero-order valence-electron chi connectivity index (χ0n) is 15.0. The Bertz CT molecular complexity index is 682. The van der Waals surface area contributed by atoms with Gasteiger partial charge in [0, 0.05) is 17.9 Å². The third-order valence-corrected chi connectivity index (χ3v) is 4.83. The molecule has 136 valence electrons. The van der Waals surface area contributed by atoms with E-state index in [0.29, 0.717) is 6.54 Å². The lowest BCUT2D eigenvalue weighted by Gasteiger charge is -2.35. The molecular weight excluding hydrogens is 326 g/mol. The van der Waals surface area contributed by atoms with Gasteiger partial charge in [0.25, 0.3) is 0 Å². The van der Waals surface area contributed by atoms with E-state index in [4.69, 9.17) is 0 Å². The number of carbonyl (C=O) groups excluding carboxylic acids is 2. The third-order valence-electron chi connectivity index (χ3n) is 4.83. The standard InChI is InChI=1S/C21H25N3O2/c1-16(20(25)22-18-10-4-2-5-11-18)24-14-8-9-17(15-24)21(26)23-19-12-6-3-7-13-19/h2-7,10-13,16-17H,8-9,14-15H2,1H3,(H,22,25)(H,23,26)/t16-,17+/m0/s1. The normalized spacial score (nSPS) is 18.7. The third kappa shape index (κ3) is 4.70. The maximum atomic E-state index is 12.6. The maximum absolute atomic E-state index is 12.6. The Hall–Kier alpha value is -2.66. The van der Waals surface area contributed by atoms with E-state index in [-0.39, 0.29) is 23.8 Å². The van der Waals surface area contributed by atoms with Gasteiger partial charge in [0.05, 0.1) is 12.0 Å². The Morgan fingerprint density at radius 1 is 0.962 bits per heavy atom. The van der Waals surface area contributed by atoms with Crippen molar-refractivity contribution in [1.29, 1.82) is 0 Å². The summed E-state index contributed by atoms with van der Waals surface area (Å²) < 4.78 is 0. The van der Waals surface area contributed by atoms with E-state index in [1.807, 2.05) is 67.6 Å². The molecule has 26 heavy (non-hydrogen) atoms. The van der Waals surface area contributed by atoms with Gasteiger partial charge in [-0.15, -0.1) is 0 Å². The lowest BCUT2D eigenvalue weighted by atomic mass is 9.95. The largest absolute Gasteiger partial charge is 0.326 e. The van der Waals surface area contributed by atoms with Crippen molar-refractivity contribution in [2.75, 3.05) is 23.7 Å². The number of nitrogens with one attached hydrogen (secondary N) is 2. The number of amides is 2. The number of piperidine rings is 1. The number of rotatable bonds is 5. The van der Waals surface area contributed by atoms with E-state index in [9.17, 15) is 9.59 Å². The Labute approximate surface area is 154 Å². The van der Waals surface area contributed by atoms with Crippen LogP contribution in [0.1, 0.15) is 19.8 Å². The predicted octanol–water partition coefficient (Wildman–Crippen LogP) is 3.36. The quantitative estimate of drug-likeness (QED) is 0.868. The van der Waals surface area contributed by atoms with E-state index in [0.717, 1.165) is 30.8 Å². The van der Waals surface area contributed by atoms with Crippen LogP contribution >= 0.6 is 0 Å². The van der Waals surface area contributed by atoms with Gasteiger partial charge in [0.1, 0.15) is 0 Å². The topological polar surface area (TPSA) is 61.4 Å². The Morgan fingerprint density at radius 2 is 1.54 bits per heavy atom. The first-order valence-corrected chi connectivity index (χ1v) is 9.09. The molecule has 0 aliphatic carbocycles. The van der Waals surface area contributed by atoms with Crippen LogP contribution in [0.2, 0.25) is 0 Å². The smallest absolute Gasteiger partial charge is 0.241 e. The first kappa shape index (κ1) is 18.1. The number of anilines is 2. The van der Waals surface area contributed by atoms with Gasteiger partial charge in [0.15, 0.2) is 0 Å². The summed E-state index contributed by atoms with van der Waals surface area (Å²) in [6, 6.07) is 18.7. The van der Waals surface area contributed by atoms with Crippen LogP contribution in [0.3, 0.4) is 0 Å². The van der Waals surface area contributed by atoms with Crippen LogP contribution in [-0.4, -0.2) is 35.8 Å². The first-order valence-electron chi connectivity index (χ1n) is 9.09. The Kier molecular flexibility index (Phi) is 6.02. The SMILES string of the molecule is C[C@@H](C(=O)Nc1ccccc1)N1CCC[C@@H](C(=O)Nc2ccccc2)C1. The fraction of sp³-hybridized carbons (Fsp3) is 0.333. The average Bonchev–Trinajstić information content (AvgIpc) is 2.69. The number of para-hydroxylation sites is 2. The molecular formula is C21H25N3O2. The lowest BCUT2D eigenvalue weighted by molar-refractivity contribution is -0.125. The van der Waals surface area contributed by atoms with Crippen LogP contribution in [0.15, 0.2) is 60.7 Å². The molecule has 0 spiro atoms. The molecule has 0 unspecified atom stereocenters. The number of likely N-dealkylation sites (tertiary alicyclic amines) is 1. The second-order valence-electron chi connectivity index (χ2n) is 6.72. The highest BCUT2D eigenvalue weighted by Crippen LogP contribution is 2.21. The molecule has 3 rings (SSSR count). The van der Waals surface area contributed by atoms with E-state index < -0.39 is 0 Å². The van der Waals surface area contributed by atoms with Crippen LogP contribution < -0.4 is 10.6 Å². The van der Waals surface area contributed by atoms with Gasteiger partial charge in [-0.1, -0.05) is 36.4 Å². The van der Waals surface area contributed by atoms with Crippen molar-refractivity contribution in [3.63, 3.8) is 0 Å². The summed E-state index contributed by atoms with van der Waals surface area (Å²) in [5, 5.41) is 5.92. The van der Waals surface area contributed by atoms with Crippen LogP contribution in [0, 0.1) is 5.92 Å². The molecule has 2 N–H and O–H groups in total. The van der Waals surface area contributed by atoms with E-state index in [1.165, 1.54) is 0 Å². The van der Waals surface area contributed by atoms with Crippen LogP contribution in [0.4, 0.5) is 11.4 Å². The van der Waals surface area contributed by atoms with E-state index in [2.05, 4.69) is 15.5 Å². The molecule has 1 saturated heterocycles. The molecule has 5 nitrogen and oxygen atoms in total. The zero-order chi connectivity index (χ0) is 18.4. The van der Waals surface area contributed by atoms with E-state index in [1.54, 1.807) is 0 Å². The van der Waals surface area contributed by atoms with Crippen molar-refractivity contribution in [3.8, 4) is 0 Å². The Balaban J connectivity index is 1.57. The second-order valence-corrected chi connectivity index (χ2v) is 6.72. The molecule has 2 amide bonds. The molecule has 1 fully saturated rings. The van der Waals surface area contributed by atoms with Crippen molar-refractivity contribution in [1.82, 2.24) is 4.90 Å². The lowest BCUT2D eigenvalue weighted by Crippen LogP contribution is -2.49. The predicted molar refractivity (Wildman–Crippen MR) is 104 cm³/mol. The summed E-state index contributed by atoms with van der Waals surface area (Å²) in [6.45, 7) is 3.33. The fourth-order valence-corrected chi connectivity index (χ4v) is 3.27. The van der Waals surface area contributed by atoms with Gasteiger partial charge in [-0.25, -0.2) is 0 Å². The number of hydrogen-bond acceptors (Lipinski definition) is 3. The number of nitrogens with zero attached hydrogens (tertiary/aromatic N) is 1. The van der Waals surface area contributed by atoms with Gasteiger partial charge < -0.3 is 10.6 Å². The minimum Gasteiger partial charge on any atom is -0.326 e. The number of carbonyl (C=O) groups is 2. The highest BCUT2D eigenvalue weighted by Gasteiger charge is 2.30.